The number of alkyl halides is 3. The highest BCUT2D eigenvalue weighted by Gasteiger charge is 2.31. The maximum Gasteiger partial charge on any atom is 0.416 e. The van der Waals surface area contributed by atoms with Crippen molar-refractivity contribution in [2.75, 3.05) is 49.6 Å². The molecule has 2 heterocycles. The highest BCUT2D eigenvalue weighted by Crippen LogP contribution is 2.32. The summed E-state index contributed by atoms with van der Waals surface area (Å²) in [6, 6.07) is 14.9. The maximum absolute atomic E-state index is 13.2. The SMILES string of the molecule is CCCCN(C)C(=O)c1cc(N2CCN(c3cccc(C(F)(F)F)c3)CC2)nc2ccccc12. The monoisotopic (exact) mass is 470 g/mol. The zero-order valence-corrected chi connectivity index (χ0v) is 19.5. The van der Waals surface area contributed by atoms with Crippen molar-refractivity contribution in [3.63, 3.8) is 0 Å². The number of carbonyl (C=O) groups is 1. The van der Waals surface area contributed by atoms with E-state index < -0.39 is 11.7 Å². The van der Waals surface area contributed by atoms with Crippen molar-refractivity contribution in [3.8, 4) is 0 Å². The van der Waals surface area contributed by atoms with Crippen molar-refractivity contribution in [2.45, 2.75) is 25.9 Å². The number of hydrogen-bond donors (Lipinski definition) is 0. The lowest BCUT2D eigenvalue weighted by Gasteiger charge is -2.37. The van der Waals surface area contributed by atoms with E-state index >= 15 is 0 Å². The lowest BCUT2D eigenvalue weighted by molar-refractivity contribution is -0.137. The molecule has 0 aliphatic carbocycles. The van der Waals surface area contributed by atoms with Crippen LogP contribution >= 0.6 is 0 Å². The summed E-state index contributed by atoms with van der Waals surface area (Å²) < 4.78 is 39.3. The van der Waals surface area contributed by atoms with Gasteiger partial charge in [0.2, 0.25) is 0 Å². The first kappa shape index (κ1) is 23.9. The van der Waals surface area contributed by atoms with Gasteiger partial charge in [-0.1, -0.05) is 37.6 Å². The highest BCUT2D eigenvalue weighted by atomic mass is 19.4. The molecule has 1 fully saturated rings. The van der Waals surface area contributed by atoms with Gasteiger partial charge in [-0.3, -0.25) is 4.79 Å². The fourth-order valence-electron chi connectivity index (χ4n) is 4.28. The highest BCUT2D eigenvalue weighted by molar-refractivity contribution is 6.06. The van der Waals surface area contributed by atoms with Crippen LogP contribution in [0.4, 0.5) is 24.7 Å². The second-order valence-electron chi connectivity index (χ2n) is 8.65. The molecule has 2 aromatic carbocycles. The van der Waals surface area contributed by atoms with Crippen molar-refractivity contribution in [3.05, 3.63) is 65.7 Å². The van der Waals surface area contributed by atoms with Gasteiger partial charge in [-0.15, -0.1) is 0 Å². The molecule has 0 unspecified atom stereocenters. The molecule has 1 aliphatic rings. The van der Waals surface area contributed by atoms with Crippen LogP contribution in [0.5, 0.6) is 0 Å². The van der Waals surface area contributed by atoms with Crippen molar-refractivity contribution in [1.82, 2.24) is 9.88 Å². The quantitative estimate of drug-likeness (QED) is 0.480. The molecule has 0 N–H and O–H groups in total. The summed E-state index contributed by atoms with van der Waals surface area (Å²) in [7, 11) is 1.82. The van der Waals surface area contributed by atoms with Gasteiger partial charge in [-0.05, 0) is 36.8 Å². The molecule has 0 radical (unpaired) electrons. The molecule has 4 rings (SSSR count). The normalized spacial score (nSPS) is 14.5. The summed E-state index contributed by atoms with van der Waals surface area (Å²) in [6.45, 7) is 5.11. The van der Waals surface area contributed by atoms with Crippen LogP contribution < -0.4 is 9.80 Å². The zero-order valence-electron chi connectivity index (χ0n) is 19.5. The third-order valence-electron chi connectivity index (χ3n) is 6.27. The number of rotatable bonds is 6. The fraction of sp³-hybridized carbons (Fsp3) is 0.385. The molecule has 0 saturated carbocycles. The number of piperazine rings is 1. The Morgan fingerprint density at radius 1 is 1.00 bits per heavy atom. The molecule has 0 spiro atoms. The number of halogens is 3. The van der Waals surface area contributed by atoms with Gasteiger partial charge in [0.15, 0.2) is 0 Å². The molecule has 8 heteroatoms. The molecular formula is C26H29F3N4O. The number of para-hydroxylation sites is 1. The molecule has 3 aromatic rings. The number of aromatic nitrogens is 1. The predicted octanol–water partition coefficient (Wildman–Crippen LogP) is 5.45. The lowest BCUT2D eigenvalue weighted by Crippen LogP contribution is -2.47. The van der Waals surface area contributed by atoms with E-state index in [2.05, 4.69) is 11.8 Å². The first-order valence-electron chi connectivity index (χ1n) is 11.6. The first-order chi connectivity index (χ1) is 16.3. The van der Waals surface area contributed by atoms with E-state index in [1.54, 1.807) is 11.0 Å². The van der Waals surface area contributed by atoms with E-state index in [4.69, 9.17) is 4.98 Å². The molecular weight excluding hydrogens is 441 g/mol. The Morgan fingerprint density at radius 2 is 1.71 bits per heavy atom. The van der Waals surface area contributed by atoms with Gasteiger partial charge >= 0.3 is 6.18 Å². The summed E-state index contributed by atoms with van der Waals surface area (Å²) in [5.41, 5.74) is 1.31. The maximum atomic E-state index is 13.2. The average Bonchev–Trinajstić information content (AvgIpc) is 2.85. The number of fused-ring (bicyclic) bond motifs is 1. The third-order valence-corrected chi connectivity index (χ3v) is 6.27. The van der Waals surface area contributed by atoms with Crippen LogP contribution in [0, 0.1) is 0 Å². The minimum absolute atomic E-state index is 0.0316. The van der Waals surface area contributed by atoms with E-state index in [1.165, 1.54) is 12.1 Å². The third kappa shape index (κ3) is 5.11. The standard InChI is InChI=1S/C26H29F3N4O/c1-3-4-12-31(2)25(34)22-18-24(30-23-11-6-5-10-21(22)23)33-15-13-32(14-16-33)20-9-7-8-19(17-20)26(27,28)29/h5-11,17-18H,3-4,12-16H2,1-2H3. The second-order valence-corrected chi connectivity index (χ2v) is 8.65. The molecule has 34 heavy (non-hydrogen) atoms. The summed E-state index contributed by atoms with van der Waals surface area (Å²) in [5, 5.41) is 0.821. The number of nitrogens with zero attached hydrogens (tertiary/aromatic N) is 4. The molecule has 180 valence electrons. The van der Waals surface area contributed by atoms with Gasteiger partial charge in [0.1, 0.15) is 5.82 Å². The van der Waals surface area contributed by atoms with Crippen molar-refractivity contribution >= 4 is 28.3 Å². The molecule has 1 saturated heterocycles. The van der Waals surface area contributed by atoms with Gasteiger partial charge in [-0.2, -0.15) is 13.2 Å². The summed E-state index contributed by atoms with van der Waals surface area (Å²) in [4.78, 5) is 23.8. The molecule has 5 nitrogen and oxygen atoms in total. The number of hydrogen-bond acceptors (Lipinski definition) is 4. The van der Waals surface area contributed by atoms with Crippen LogP contribution in [0.3, 0.4) is 0 Å². The number of anilines is 2. The number of amides is 1. The second kappa shape index (κ2) is 9.91. The van der Waals surface area contributed by atoms with Gasteiger partial charge in [0.05, 0.1) is 16.6 Å². The molecule has 1 amide bonds. The molecule has 0 atom stereocenters. The number of benzene rings is 2. The summed E-state index contributed by atoms with van der Waals surface area (Å²) in [6.07, 6.45) is -2.41. The molecule has 0 bridgehead atoms. The number of unbranched alkanes of at least 4 members (excludes halogenated alkanes) is 1. The Bertz CT molecular complexity index is 1160. The van der Waals surface area contributed by atoms with Gasteiger partial charge in [0, 0.05) is 50.8 Å². The predicted molar refractivity (Wildman–Crippen MR) is 129 cm³/mol. The topological polar surface area (TPSA) is 39.7 Å². The first-order valence-corrected chi connectivity index (χ1v) is 11.6. The van der Waals surface area contributed by atoms with Crippen LogP contribution in [-0.4, -0.2) is 55.6 Å². The summed E-state index contributed by atoms with van der Waals surface area (Å²) >= 11 is 0. The Hall–Kier alpha value is -3.29. The minimum Gasteiger partial charge on any atom is -0.368 e. The van der Waals surface area contributed by atoms with Crippen molar-refractivity contribution < 1.29 is 18.0 Å². The van der Waals surface area contributed by atoms with Crippen LogP contribution in [0.2, 0.25) is 0 Å². The van der Waals surface area contributed by atoms with Crippen LogP contribution in [0.15, 0.2) is 54.6 Å². The van der Waals surface area contributed by atoms with Crippen molar-refractivity contribution in [2.24, 2.45) is 0 Å². The number of pyridine rings is 1. The zero-order chi connectivity index (χ0) is 24.3. The number of carbonyl (C=O) groups excluding carboxylic acids is 1. The van der Waals surface area contributed by atoms with Gasteiger partial charge in [0.25, 0.3) is 5.91 Å². The van der Waals surface area contributed by atoms with Crippen molar-refractivity contribution in [1.29, 1.82) is 0 Å². The van der Waals surface area contributed by atoms with Gasteiger partial charge < -0.3 is 14.7 Å². The van der Waals surface area contributed by atoms with E-state index in [-0.39, 0.29) is 5.91 Å². The average molecular weight is 471 g/mol. The Labute approximate surface area is 197 Å². The summed E-state index contributed by atoms with van der Waals surface area (Å²) in [5.74, 6) is 0.686. The fourth-order valence-corrected chi connectivity index (χ4v) is 4.28. The smallest absolute Gasteiger partial charge is 0.368 e. The van der Waals surface area contributed by atoms with E-state index in [0.29, 0.717) is 44.0 Å². The Kier molecular flexibility index (Phi) is 6.95. The minimum atomic E-state index is -4.36. The Morgan fingerprint density at radius 3 is 2.41 bits per heavy atom. The van der Waals surface area contributed by atoms with Crippen LogP contribution in [0.25, 0.3) is 10.9 Å². The van der Waals surface area contributed by atoms with Crippen LogP contribution in [0.1, 0.15) is 35.7 Å². The molecule has 1 aromatic heterocycles. The Balaban J connectivity index is 1.55. The molecule has 1 aliphatic heterocycles. The van der Waals surface area contributed by atoms with Crippen LogP contribution in [-0.2, 0) is 6.18 Å². The van der Waals surface area contributed by atoms with E-state index in [9.17, 15) is 18.0 Å². The largest absolute Gasteiger partial charge is 0.416 e. The van der Waals surface area contributed by atoms with E-state index in [0.717, 1.165) is 35.6 Å². The lowest BCUT2D eigenvalue weighted by atomic mass is 10.1. The van der Waals surface area contributed by atoms with Gasteiger partial charge in [-0.25, -0.2) is 4.98 Å². The van der Waals surface area contributed by atoms with E-state index in [1.807, 2.05) is 42.3 Å².